The lowest BCUT2D eigenvalue weighted by Gasteiger charge is -2.64. The summed E-state index contributed by atoms with van der Waals surface area (Å²) in [6.45, 7) is 2.71. The fraction of sp³-hybridized carbons (Fsp3) is 0.200. The second kappa shape index (κ2) is 8.58. The van der Waals surface area contributed by atoms with Crippen LogP contribution in [0.15, 0.2) is 114 Å². The van der Waals surface area contributed by atoms with Crippen molar-refractivity contribution in [3.8, 4) is 0 Å². The van der Waals surface area contributed by atoms with Gasteiger partial charge in [0, 0.05) is 36.1 Å². The molecule has 0 saturated carbocycles. The summed E-state index contributed by atoms with van der Waals surface area (Å²) in [7, 11) is 0. The Hall–Kier alpha value is -5.00. The maximum absolute atomic E-state index is 14.9. The summed E-state index contributed by atoms with van der Waals surface area (Å²) in [4.78, 5) is 48.9. The molecule has 4 aromatic rings. The van der Waals surface area contributed by atoms with Gasteiger partial charge >= 0.3 is 5.91 Å². The Bertz CT molecular complexity index is 2000. The van der Waals surface area contributed by atoms with Gasteiger partial charge in [-0.15, -0.1) is 0 Å². The second-order valence-corrected chi connectivity index (χ2v) is 11.6. The lowest BCUT2D eigenvalue weighted by atomic mass is 9.66. The molecule has 5 heterocycles. The minimum Gasteiger partial charge on any atom is -0.317 e. The van der Waals surface area contributed by atoms with Gasteiger partial charge in [0.05, 0.1) is 11.4 Å². The summed E-state index contributed by atoms with van der Waals surface area (Å²) < 4.78 is 27.6. The molecule has 0 aliphatic carbocycles. The lowest BCUT2D eigenvalue weighted by Crippen LogP contribution is -2.85. The summed E-state index contributed by atoms with van der Waals surface area (Å²) in [5, 5.41) is 0. The molecule has 5 atom stereocenters. The zero-order chi connectivity index (χ0) is 30.8. The minimum atomic E-state index is -2.02. The van der Waals surface area contributed by atoms with Crippen molar-refractivity contribution in [2.24, 2.45) is 4.99 Å². The number of imide groups is 1. The molecule has 0 radical (unpaired) electrons. The van der Waals surface area contributed by atoms with Crippen molar-refractivity contribution in [1.82, 2.24) is 0 Å². The Kier molecular flexibility index (Phi) is 5.04. The zero-order valence-electron chi connectivity index (χ0n) is 24.2. The van der Waals surface area contributed by atoms with E-state index in [1.54, 1.807) is 48.5 Å². The van der Waals surface area contributed by atoms with E-state index in [1.807, 2.05) is 60.7 Å². The molecule has 9 rings (SSSR count). The molecule has 10 nitrogen and oxygen atoms in total. The van der Waals surface area contributed by atoms with Crippen molar-refractivity contribution in [3.05, 3.63) is 131 Å². The first-order valence-electron chi connectivity index (χ1n) is 14.6. The average Bonchev–Trinajstić information content (AvgIpc) is 3.57. The fourth-order valence-electron chi connectivity index (χ4n) is 7.71. The van der Waals surface area contributed by atoms with Gasteiger partial charge in [-0.2, -0.15) is 0 Å². The molecule has 1 spiro atoms. The van der Waals surface area contributed by atoms with Crippen molar-refractivity contribution in [2.75, 3.05) is 9.80 Å². The second-order valence-electron chi connectivity index (χ2n) is 11.6. The molecule has 0 unspecified atom stereocenters. The number of ether oxygens (including phenoxy) is 4. The summed E-state index contributed by atoms with van der Waals surface area (Å²) in [6, 6.07) is 32.8. The normalized spacial score (nSPS) is 31.8. The number of benzene rings is 4. The largest absolute Gasteiger partial charge is 0.317 e. The summed E-state index contributed by atoms with van der Waals surface area (Å²) in [5.41, 5.74) is -0.420. The quantitative estimate of drug-likeness (QED) is 0.336. The molecule has 45 heavy (non-hydrogen) atoms. The van der Waals surface area contributed by atoms with Crippen molar-refractivity contribution < 1.29 is 33.3 Å². The number of anilines is 2. The van der Waals surface area contributed by atoms with Crippen LogP contribution in [0.2, 0.25) is 0 Å². The molecule has 4 aromatic carbocycles. The fourth-order valence-corrected chi connectivity index (χ4v) is 7.71. The van der Waals surface area contributed by atoms with Crippen LogP contribution in [0, 0.1) is 0 Å². The first-order chi connectivity index (χ1) is 21.8. The molecule has 5 aliphatic rings. The molecule has 5 aliphatic heterocycles. The first kappa shape index (κ1) is 26.4. The first-order valence-corrected chi connectivity index (χ1v) is 14.6. The molecule has 2 fully saturated rings. The van der Waals surface area contributed by atoms with E-state index in [2.05, 4.69) is 0 Å². The Labute approximate surface area is 257 Å². The molecular weight excluding hydrogens is 574 g/mol. The predicted molar refractivity (Wildman–Crippen MR) is 160 cm³/mol. The van der Waals surface area contributed by atoms with Crippen LogP contribution in [0.25, 0.3) is 0 Å². The summed E-state index contributed by atoms with van der Waals surface area (Å²) in [6.07, 6.45) is -1.30. The number of hydrogen-bond acceptors (Lipinski definition) is 8. The highest BCUT2D eigenvalue weighted by atomic mass is 16.9. The van der Waals surface area contributed by atoms with Crippen molar-refractivity contribution in [2.45, 2.75) is 43.2 Å². The monoisotopic (exact) mass is 599 g/mol. The van der Waals surface area contributed by atoms with Crippen molar-refractivity contribution in [1.29, 1.82) is 0 Å². The van der Waals surface area contributed by atoms with Gasteiger partial charge < -0.3 is 9.47 Å². The van der Waals surface area contributed by atoms with E-state index in [9.17, 15) is 14.4 Å². The SMILES string of the molecule is CC(=O)N1C(=O)[C@]2(O[C@@]34O[C@@H]5N=C(c6ccccc6)[C@@](c6ccccc6)(O5)O[C@]32c2ccccc2N4C(C)=O)c2ccccc21. The number of amides is 3. The number of hydrogen-bond donors (Lipinski definition) is 0. The van der Waals surface area contributed by atoms with Crippen LogP contribution >= 0.6 is 0 Å². The Morgan fingerprint density at radius 3 is 2.02 bits per heavy atom. The van der Waals surface area contributed by atoms with E-state index in [-0.39, 0.29) is 0 Å². The number of fused-ring (bicyclic) bond motifs is 5. The van der Waals surface area contributed by atoms with Crippen molar-refractivity contribution >= 4 is 34.8 Å². The van der Waals surface area contributed by atoms with Gasteiger partial charge in [-0.3, -0.25) is 28.8 Å². The van der Waals surface area contributed by atoms with E-state index in [4.69, 9.17) is 23.9 Å². The average molecular weight is 600 g/mol. The number of aliphatic imine (C=N–C) groups is 1. The van der Waals surface area contributed by atoms with E-state index < -0.39 is 47.0 Å². The summed E-state index contributed by atoms with van der Waals surface area (Å²) >= 11 is 0. The third-order valence-corrected chi connectivity index (χ3v) is 9.28. The van der Waals surface area contributed by atoms with E-state index in [0.717, 1.165) is 4.90 Å². The van der Waals surface area contributed by atoms with Gasteiger partial charge in [0.2, 0.25) is 28.8 Å². The van der Waals surface area contributed by atoms with Gasteiger partial charge in [-0.1, -0.05) is 97.1 Å². The number of nitrogens with zero attached hydrogens (tertiary/aromatic N) is 3. The van der Waals surface area contributed by atoms with Gasteiger partial charge in [0.1, 0.15) is 5.71 Å². The van der Waals surface area contributed by atoms with Crippen LogP contribution in [0.1, 0.15) is 36.1 Å². The van der Waals surface area contributed by atoms with Crippen LogP contribution in [0.5, 0.6) is 0 Å². The van der Waals surface area contributed by atoms with Crippen LogP contribution in [-0.4, -0.2) is 35.8 Å². The van der Waals surface area contributed by atoms with Gasteiger partial charge in [0.25, 0.3) is 12.3 Å². The van der Waals surface area contributed by atoms with Crippen LogP contribution in [-0.2, 0) is 50.3 Å². The lowest BCUT2D eigenvalue weighted by molar-refractivity contribution is -0.489. The third kappa shape index (κ3) is 2.84. The van der Waals surface area contributed by atoms with E-state index >= 15 is 0 Å². The third-order valence-electron chi connectivity index (χ3n) is 9.28. The highest BCUT2D eigenvalue weighted by Gasteiger charge is 2.94. The molecule has 0 N–H and O–H groups in total. The molecular formula is C35H25N3O7. The number of carbonyl (C=O) groups is 3. The smallest absolute Gasteiger partial charge is 0.302 e. The van der Waals surface area contributed by atoms with Crippen LogP contribution in [0.4, 0.5) is 11.4 Å². The van der Waals surface area contributed by atoms with Crippen LogP contribution < -0.4 is 9.80 Å². The van der Waals surface area contributed by atoms with E-state index in [1.165, 1.54) is 18.7 Å². The topological polar surface area (TPSA) is 107 Å². The molecule has 2 saturated heterocycles. The Morgan fingerprint density at radius 2 is 1.33 bits per heavy atom. The molecule has 2 bridgehead atoms. The van der Waals surface area contributed by atoms with Gasteiger partial charge in [-0.25, -0.2) is 9.89 Å². The molecule has 10 heteroatoms. The Morgan fingerprint density at radius 1 is 0.711 bits per heavy atom. The van der Waals surface area contributed by atoms with Crippen molar-refractivity contribution in [3.63, 3.8) is 0 Å². The molecule has 0 aromatic heterocycles. The zero-order valence-corrected chi connectivity index (χ0v) is 24.2. The van der Waals surface area contributed by atoms with Gasteiger partial charge in [-0.05, 0) is 12.1 Å². The predicted octanol–water partition coefficient (Wildman–Crippen LogP) is 4.42. The highest BCUT2D eigenvalue weighted by molar-refractivity contribution is 6.23. The number of para-hydroxylation sites is 2. The van der Waals surface area contributed by atoms with Gasteiger partial charge in [0.15, 0.2) is 0 Å². The summed E-state index contributed by atoms with van der Waals surface area (Å²) in [5.74, 6) is -5.32. The highest BCUT2D eigenvalue weighted by Crippen LogP contribution is 2.76. The Balaban J connectivity index is 1.41. The van der Waals surface area contributed by atoms with Crippen LogP contribution in [0.3, 0.4) is 0 Å². The number of rotatable bonds is 2. The standard InChI is InChI=1S/C35H25N3O7/c1-21(39)37-27-19-11-9-17-25(27)32(30(37)41)34-26-18-10-12-20-28(26)38(22(2)40)35(34,44-32)43-31-36-29(23-13-5-3-6-14-23)33(42-31,45-34)24-15-7-4-8-16-24/h3-20,31H,1-2H3/t31-,32-,33+,34+,35+/m1/s1. The maximum Gasteiger partial charge on any atom is 0.302 e. The minimum absolute atomic E-state index is 0.362. The molecule has 222 valence electrons. The molecule has 3 amide bonds. The maximum atomic E-state index is 14.9. The van der Waals surface area contributed by atoms with E-state index in [0.29, 0.717) is 39.3 Å². The number of carbonyl (C=O) groups excluding carboxylic acids is 3.